The minimum Gasteiger partial charge on any atom is -0.482 e. The van der Waals surface area contributed by atoms with Crippen molar-refractivity contribution in [3.63, 3.8) is 0 Å². The number of para-hydroxylation sites is 1. The summed E-state index contributed by atoms with van der Waals surface area (Å²) in [7, 11) is 0. The number of hydrogen-bond acceptors (Lipinski definition) is 2. The van der Waals surface area contributed by atoms with Crippen molar-refractivity contribution in [2.45, 2.75) is 13.0 Å². The van der Waals surface area contributed by atoms with E-state index in [1.807, 2.05) is 18.2 Å². The lowest BCUT2D eigenvalue weighted by molar-refractivity contribution is -0.117. The van der Waals surface area contributed by atoms with Crippen molar-refractivity contribution in [3.8, 4) is 5.75 Å². The first-order chi connectivity index (χ1) is 5.70. The van der Waals surface area contributed by atoms with Crippen LogP contribution in [0.15, 0.2) is 30.3 Å². The summed E-state index contributed by atoms with van der Waals surface area (Å²) in [5, 5.41) is -0.487. The summed E-state index contributed by atoms with van der Waals surface area (Å²) in [5.41, 5.74) is 0. The van der Waals surface area contributed by atoms with Gasteiger partial charge in [0.2, 0.25) is 0 Å². The van der Waals surface area contributed by atoms with Gasteiger partial charge in [0.15, 0.2) is 6.10 Å². The molecule has 0 aliphatic carbocycles. The third-order valence-corrected chi connectivity index (χ3v) is 1.68. The first kappa shape index (κ1) is 9.07. The Hall–Kier alpha value is -1.02. The highest BCUT2D eigenvalue weighted by Gasteiger charge is 2.10. The van der Waals surface area contributed by atoms with Gasteiger partial charge in [0.25, 0.3) is 5.24 Å². The van der Waals surface area contributed by atoms with Gasteiger partial charge in [-0.2, -0.15) is 0 Å². The summed E-state index contributed by atoms with van der Waals surface area (Å²) in [4.78, 5) is 10.6. The van der Waals surface area contributed by atoms with E-state index in [1.165, 1.54) is 0 Å². The smallest absolute Gasteiger partial charge is 0.262 e. The second-order valence-electron chi connectivity index (χ2n) is 2.38. The molecule has 0 radical (unpaired) electrons. The van der Waals surface area contributed by atoms with Crippen molar-refractivity contribution in [3.05, 3.63) is 30.3 Å². The summed E-state index contributed by atoms with van der Waals surface area (Å²) >= 11 is 5.21. The Bertz CT molecular complexity index is 258. The van der Waals surface area contributed by atoms with E-state index in [9.17, 15) is 4.79 Å². The molecular weight excluding hydrogens is 176 g/mol. The quantitative estimate of drug-likeness (QED) is 0.674. The maximum atomic E-state index is 10.6. The van der Waals surface area contributed by atoms with E-state index in [0.29, 0.717) is 5.75 Å². The summed E-state index contributed by atoms with van der Waals surface area (Å²) in [6.07, 6.45) is -0.589. The summed E-state index contributed by atoms with van der Waals surface area (Å²) in [6, 6.07) is 9.09. The predicted octanol–water partition coefficient (Wildman–Crippen LogP) is 2.22. The van der Waals surface area contributed by atoms with Gasteiger partial charge in [0.05, 0.1) is 0 Å². The number of halogens is 1. The number of hydrogen-bond donors (Lipinski definition) is 0. The molecule has 0 aliphatic heterocycles. The van der Waals surface area contributed by atoms with Crippen molar-refractivity contribution in [1.29, 1.82) is 0 Å². The molecule has 0 saturated heterocycles. The van der Waals surface area contributed by atoms with Crippen LogP contribution in [0.4, 0.5) is 0 Å². The van der Waals surface area contributed by atoms with Gasteiger partial charge in [-0.25, -0.2) is 0 Å². The highest BCUT2D eigenvalue weighted by atomic mass is 35.5. The van der Waals surface area contributed by atoms with Gasteiger partial charge in [-0.3, -0.25) is 4.79 Å². The maximum Gasteiger partial charge on any atom is 0.262 e. The monoisotopic (exact) mass is 184 g/mol. The molecule has 0 N–H and O–H groups in total. The molecule has 0 spiro atoms. The molecule has 0 saturated carbocycles. The molecular formula is C9H9ClO2. The number of carbonyl (C=O) groups excluding carboxylic acids is 1. The van der Waals surface area contributed by atoms with Gasteiger partial charge >= 0.3 is 0 Å². The summed E-state index contributed by atoms with van der Waals surface area (Å²) in [6.45, 7) is 1.61. The Morgan fingerprint density at radius 2 is 2.00 bits per heavy atom. The molecule has 0 aromatic heterocycles. The Balaban J connectivity index is 2.58. The molecule has 3 heteroatoms. The van der Waals surface area contributed by atoms with Gasteiger partial charge in [0, 0.05) is 0 Å². The second-order valence-corrected chi connectivity index (χ2v) is 2.75. The molecule has 0 fully saturated rings. The lowest BCUT2D eigenvalue weighted by atomic mass is 10.3. The largest absolute Gasteiger partial charge is 0.482 e. The molecule has 0 unspecified atom stereocenters. The van der Waals surface area contributed by atoms with Crippen LogP contribution in [0.5, 0.6) is 5.75 Å². The van der Waals surface area contributed by atoms with Crippen LogP contribution in [0.1, 0.15) is 6.92 Å². The topological polar surface area (TPSA) is 26.3 Å². The summed E-state index contributed by atoms with van der Waals surface area (Å²) in [5.74, 6) is 0.652. The first-order valence-corrected chi connectivity index (χ1v) is 3.99. The van der Waals surface area contributed by atoms with Crippen molar-refractivity contribution in [2.24, 2.45) is 0 Å². The van der Waals surface area contributed by atoms with Gasteiger partial charge in [-0.15, -0.1) is 0 Å². The Kier molecular flexibility index (Phi) is 3.11. The van der Waals surface area contributed by atoms with Crippen molar-refractivity contribution >= 4 is 16.8 Å². The molecule has 1 rings (SSSR count). The van der Waals surface area contributed by atoms with E-state index in [2.05, 4.69) is 0 Å². The SMILES string of the molecule is C[C@H](Oc1ccccc1)C(=O)Cl. The fourth-order valence-corrected chi connectivity index (χ4v) is 0.794. The van der Waals surface area contributed by atoms with Crippen LogP contribution in [-0.4, -0.2) is 11.3 Å². The number of ether oxygens (including phenoxy) is 1. The molecule has 1 atom stereocenters. The van der Waals surface area contributed by atoms with E-state index < -0.39 is 11.3 Å². The Morgan fingerprint density at radius 3 is 2.50 bits per heavy atom. The van der Waals surface area contributed by atoms with Gasteiger partial charge in [-0.05, 0) is 30.7 Å². The van der Waals surface area contributed by atoms with Gasteiger partial charge in [0.1, 0.15) is 5.75 Å². The molecule has 1 aromatic carbocycles. The molecule has 0 bridgehead atoms. The van der Waals surface area contributed by atoms with Crippen molar-refractivity contribution in [2.75, 3.05) is 0 Å². The highest BCUT2D eigenvalue weighted by molar-refractivity contribution is 6.64. The van der Waals surface area contributed by atoms with Crippen LogP contribution in [0.25, 0.3) is 0 Å². The molecule has 12 heavy (non-hydrogen) atoms. The highest BCUT2D eigenvalue weighted by Crippen LogP contribution is 2.11. The van der Waals surface area contributed by atoms with Crippen LogP contribution < -0.4 is 4.74 Å². The number of carbonyl (C=O) groups is 1. The van der Waals surface area contributed by atoms with Crippen LogP contribution in [-0.2, 0) is 4.79 Å². The fraction of sp³-hybridized carbons (Fsp3) is 0.222. The van der Waals surface area contributed by atoms with E-state index >= 15 is 0 Å². The molecule has 0 aliphatic rings. The maximum absolute atomic E-state index is 10.6. The van der Waals surface area contributed by atoms with Crippen LogP contribution in [0, 0.1) is 0 Å². The van der Waals surface area contributed by atoms with Crippen LogP contribution >= 0.6 is 11.6 Å². The lowest BCUT2D eigenvalue weighted by Crippen LogP contribution is -2.18. The molecule has 0 amide bonds. The standard InChI is InChI=1S/C9H9ClO2/c1-7(9(10)11)12-8-5-3-2-4-6-8/h2-7H,1H3/t7-/m0/s1. The van der Waals surface area contributed by atoms with Crippen LogP contribution in [0.2, 0.25) is 0 Å². The minimum atomic E-state index is -0.589. The second kappa shape index (κ2) is 4.12. The van der Waals surface area contributed by atoms with E-state index in [0.717, 1.165) is 0 Å². The minimum absolute atomic E-state index is 0.487. The Labute approximate surface area is 76.1 Å². The molecule has 64 valence electrons. The third kappa shape index (κ3) is 2.55. The molecule has 2 nitrogen and oxygen atoms in total. The third-order valence-electron chi connectivity index (χ3n) is 1.38. The zero-order valence-electron chi connectivity index (χ0n) is 6.66. The zero-order valence-corrected chi connectivity index (χ0v) is 7.41. The molecule has 0 heterocycles. The van der Waals surface area contributed by atoms with Crippen molar-refractivity contribution < 1.29 is 9.53 Å². The van der Waals surface area contributed by atoms with Crippen LogP contribution in [0.3, 0.4) is 0 Å². The van der Waals surface area contributed by atoms with Gasteiger partial charge in [-0.1, -0.05) is 18.2 Å². The lowest BCUT2D eigenvalue weighted by Gasteiger charge is -2.09. The van der Waals surface area contributed by atoms with E-state index in [1.54, 1.807) is 19.1 Å². The van der Waals surface area contributed by atoms with Gasteiger partial charge < -0.3 is 4.74 Å². The predicted molar refractivity (Wildman–Crippen MR) is 47.4 cm³/mol. The molecule has 1 aromatic rings. The Morgan fingerprint density at radius 1 is 1.42 bits per heavy atom. The zero-order chi connectivity index (χ0) is 8.97. The number of benzene rings is 1. The average molecular weight is 185 g/mol. The van der Waals surface area contributed by atoms with Crippen molar-refractivity contribution in [1.82, 2.24) is 0 Å². The summed E-state index contributed by atoms with van der Waals surface area (Å²) < 4.78 is 5.19. The van der Waals surface area contributed by atoms with E-state index in [-0.39, 0.29) is 0 Å². The normalized spacial score (nSPS) is 12.2. The first-order valence-electron chi connectivity index (χ1n) is 3.61. The number of rotatable bonds is 3. The average Bonchev–Trinajstić information content (AvgIpc) is 2.06. The fourth-order valence-electron chi connectivity index (χ4n) is 0.750. The van der Waals surface area contributed by atoms with E-state index in [4.69, 9.17) is 16.3 Å².